The summed E-state index contributed by atoms with van der Waals surface area (Å²) in [5, 5.41) is 10.3. The molecule has 626 valence electrons. The maximum absolute atomic E-state index is 17.0. The maximum atomic E-state index is 17.0. The summed E-state index contributed by atoms with van der Waals surface area (Å²) in [6.45, 7) is 16.1. The van der Waals surface area contributed by atoms with Crippen LogP contribution in [0.2, 0.25) is 0 Å². The number of methoxy groups -OCH3 is 2. The molecular formula is C77H98F10N11O15P. The summed E-state index contributed by atoms with van der Waals surface area (Å²) in [5.74, 6) is -2.48. The number of hydrazine groups is 1. The van der Waals surface area contributed by atoms with Crippen LogP contribution in [0.5, 0.6) is 5.75 Å². The van der Waals surface area contributed by atoms with Gasteiger partial charge >= 0.3 is 50.8 Å². The van der Waals surface area contributed by atoms with Crippen LogP contribution in [0.4, 0.5) is 59.4 Å². The van der Waals surface area contributed by atoms with E-state index in [0.717, 1.165) is 52.4 Å². The molecule has 37 heteroatoms. The third kappa shape index (κ3) is 23.6. The second-order valence-corrected chi connectivity index (χ2v) is 34.3. The molecular weight excluding hydrogens is 1540 g/mol. The molecule has 2 bridgehead atoms. The highest BCUT2D eigenvalue weighted by atomic mass is 31.2. The van der Waals surface area contributed by atoms with E-state index in [0.29, 0.717) is 93.3 Å². The fourth-order valence-electron chi connectivity index (χ4n) is 13.3. The molecule has 6 atom stereocenters. The van der Waals surface area contributed by atoms with Crippen molar-refractivity contribution >= 4 is 49.7 Å². The minimum Gasteiger partial charge on any atom is -0.460 e. The number of piperazine rings is 1. The number of alkyl carbamates (subject to hydrolysis) is 2. The molecule has 8 rings (SSSR count). The van der Waals surface area contributed by atoms with Gasteiger partial charge in [0.25, 0.3) is 5.91 Å². The summed E-state index contributed by atoms with van der Waals surface area (Å²) in [6, 6.07) is 5.88. The van der Waals surface area contributed by atoms with Crippen molar-refractivity contribution in [3.8, 4) is 28.8 Å². The van der Waals surface area contributed by atoms with Crippen LogP contribution in [0, 0.1) is 34.3 Å². The van der Waals surface area contributed by atoms with Gasteiger partial charge in [-0.1, -0.05) is 50.0 Å². The largest absolute Gasteiger partial charge is 0.531 e. The number of alkyl halides is 8. The predicted octanol–water partition coefficient (Wildman–Crippen LogP) is 12.9. The second-order valence-electron chi connectivity index (χ2n) is 32.9. The van der Waals surface area contributed by atoms with E-state index in [2.05, 4.69) is 56.9 Å². The monoisotopic (exact) mass is 1640 g/mol. The molecule has 5 aromatic rings. The number of amides is 4. The summed E-state index contributed by atoms with van der Waals surface area (Å²) in [7, 11) is -3.26. The fraction of sp³-hybridized carbons (Fsp3) is 0.571. The van der Waals surface area contributed by atoms with E-state index in [-0.39, 0.29) is 32.8 Å². The van der Waals surface area contributed by atoms with Crippen molar-refractivity contribution in [2.75, 3.05) is 52.0 Å². The van der Waals surface area contributed by atoms with Crippen LogP contribution in [0.25, 0.3) is 11.3 Å². The van der Waals surface area contributed by atoms with Gasteiger partial charge in [0.05, 0.1) is 92.2 Å². The van der Waals surface area contributed by atoms with Crippen LogP contribution >= 0.6 is 7.82 Å². The highest BCUT2D eigenvalue weighted by Gasteiger charge is 2.58. The molecule has 4 N–H and O–H groups in total. The molecule has 0 aliphatic carbocycles. The van der Waals surface area contributed by atoms with E-state index in [1.165, 1.54) is 56.3 Å². The van der Waals surface area contributed by atoms with Gasteiger partial charge in [-0.15, -0.1) is 0 Å². The van der Waals surface area contributed by atoms with Crippen molar-refractivity contribution in [1.82, 2.24) is 51.0 Å². The van der Waals surface area contributed by atoms with Gasteiger partial charge in [0.15, 0.2) is 0 Å². The Labute approximate surface area is 654 Å². The zero-order chi connectivity index (χ0) is 84.8. The van der Waals surface area contributed by atoms with Gasteiger partial charge in [-0.25, -0.2) is 42.6 Å². The number of hydrogen-bond acceptors (Lipinski definition) is 21. The lowest BCUT2D eigenvalue weighted by molar-refractivity contribution is -0.221. The van der Waals surface area contributed by atoms with Gasteiger partial charge in [0.1, 0.15) is 41.2 Å². The molecule has 0 spiro atoms. The molecule has 3 aromatic carbocycles. The Hall–Kier alpha value is -9.14. The third-order valence-electron chi connectivity index (χ3n) is 19.0. The zero-order valence-electron chi connectivity index (χ0n) is 66.4. The summed E-state index contributed by atoms with van der Waals surface area (Å²) in [6.07, 6.45) is -12.3. The molecule has 114 heavy (non-hydrogen) atoms. The zero-order valence-corrected chi connectivity index (χ0v) is 67.3. The lowest BCUT2D eigenvalue weighted by atomic mass is 9.78. The average Bonchev–Trinajstić information content (AvgIpc) is 1.47. The second kappa shape index (κ2) is 35.5. The molecule has 3 aliphatic rings. The summed E-state index contributed by atoms with van der Waals surface area (Å²) >= 11 is 0. The number of hydrogen-bond donors (Lipinski definition) is 4. The van der Waals surface area contributed by atoms with Gasteiger partial charge in [0.2, 0.25) is 11.9 Å². The van der Waals surface area contributed by atoms with Crippen LogP contribution in [0.1, 0.15) is 163 Å². The molecule has 3 saturated heterocycles. The highest BCUT2D eigenvalue weighted by molar-refractivity contribution is 7.49. The van der Waals surface area contributed by atoms with Crippen molar-refractivity contribution in [1.29, 1.82) is 0 Å². The van der Waals surface area contributed by atoms with Crippen LogP contribution in [-0.2, 0) is 81.3 Å². The van der Waals surface area contributed by atoms with Gasteiger partial charge in [-0.3, -0.25) is 38.6 Å². The van der Waals surface area contributed by atoms with Gasteiger partial charge in [-0.05, 0) is 157 Å². The molecule has 3 aliphatic heterocycles. The number of halogens is 10. The number of nitrogens with zero attached hydrogens (tertiary/aromatic N) is 7. The summed E-state index contributed by atoms with van der Waals surface area (Å²) < 4.78 is 214. The Bertz CT molecular complexity index is 4320. The number of carbonyl (C=O) groups is 6. The van der Waals surface area contributed by atoms with Gasteiger partial charge < -0.3 is 49.1 Å². The standard InChI is InChI=1S/C77H98F10N11O15P/c1-70(2,3)110-59(99)34-47-19-18-20-57(111-114(105,112-71(4,5)6)113-72(7,8)9)61(47)73(10,11)35-60(100)109-58(41-96(94-65(102)63(92-69(104)107-17)75(14,15)77(85,86)87)40-52-53(78)32-48(33-54(52)79)55-29-30-97(93-55)66(80)81)56(90-64(101)62(91-68(103)106-16)74(12,13)76(82,83)84)31-45-24-21-44(22-25-45)23-26-46-36-88-67(89-37-46)95-38-49-27-28-50(39-95)98(49)51-42-108-43-51/h18-22,24-25,29-30,32-33,36-37,49-51,56,58,62-63,66H,27-28,31,34-35,38-43H2,1-17H3,(H,90,101)(H,91,103)(H,92,104)(H,94,102)/t49?,50?,56-,58-,62+,63+/m0/s1. The Morgan fingerprint density at radius 1 is 0.675 bits per heavy atom. The first-order valence-corrected chi connectivity index (χ1v) is 37.9. The smallest absolute Gasteiger partial charge is 0.460 e. The van der Waals surface area contributed by atoms with E-state index in [1.807, 2.05) is 10.6 Å². The number of benzene rings is 3. The first kappa shape index (κ1) is 90.4. The Balaban J connectivity index is 1.30. The lowest BCUT2D eigenvalue weighted by Crippen LogP contribution is -2.64. The molecule has 5 heterocycles. The van der Waals surface area contributed by atoms with E-state index in [4.69, 9.17) is 27.8 Å². The number of anilines is 1. The average molecular weight is 1640 g/mol. The van der Waals surface area contributed by atoms with Crippen LogP contribution in [0.3, 0.4) is 0 Å². The molecule has 0 saturated carbocycles. The first-order valence-electron chi connectivity index (χ1n) is 36.5. The third-order valence-corrected chi connectivity index (χ3v) is 21.0. The van der Waals surface area contributed by atoms with E-state index in [1.54, 1.807) is 74.7 Å². The van der Waals surface area contributed by atoms with Crippen molar-refractivity contribution in [2.24, 2.45) is 10.8 Å². The fourth-order valence-corrected chi connectivity index (χ4v) is 15.1. The Morgan fingerprint density at radius 2 is 1.21 bits per heavy atom. The predicted molar refractivity (Wildman–Crippen MR) is 395 cm³/mol. The summed E-state index contributed by atoms with van der Waals surface area (Å²) in [4.78, 5) is 99.7. The number of aromatic nitrogens is 4. The highest BCUT2D eigenvalue weighted by Crippen LogP contribution is 2.57. The Morgan fingerprint density at radius 3 is 1.69 bits per heavy atom. The molecule has 2 aromatic heterocycles. The maximum Gasteiger partial charge on any atom is 0.531 e. The topological polar surface area (TPSA) is 295 Å². The number of phosphoric ester groups is 1. The normalized spacial score (nSPS) is 17.2. The van der Waals surface area contributed by atoms with Crippen molar-refractivity contribution in [3.05, 3.63) is 124 Å². The van der Waals surface area contributed by atoms with Gasteiger partial charge in [-0.2, -0.15) is 40.2 Å². The van der Waals surface area contributed by atoms with E-state index in [9.17, 15) is 28.0 Å². The van der Waals surface area contributed by atoms with Crippen LogP contribution in [-0.4, -0.2) is 184 Å². The quantitative estimate of drug-likeness (QED) is 0.00863. The molecule has 0 radical (unpaired) electrons. The Kier molecular flexibility index (Phi) is 28.2. The van der Waals surface area contributed by atoms with Crippen molar-refractivity contribution in [3.63, 3.8) is 0 Å². The minimum atomic E-state index is -5.37. The molecule has 2 unspecified atom stereocenters. The first-order chi connectivity index (χ1) is 52.7. The number of ether oxygens (including phenoxy) is 5. The molecule has 26 nitrogen and oxygen atoms in total. The number of esters is 2. The number of carbonyl (C=O) groups excluding carboxylic acids is 6. The minimum absolute atomic E-state index is 0.0417. The van der Waals surface area contributed by atoms with Crippen LogP contribution < -0.4 is 30.8 Å². The van der Waals surface area contributed by atoms with Gasteiger partial charge in [0, 0.05) is 78.0 Å². The SMILES string of the molecule is COC(=O)N[C@H](C(=O)N[C@@H](Cc1ccc(C#Cc2cnc(N3CC4CCC(C3)N4C3COC3)nc2)cc1)[C@H](CN(Cc1c(F)cc(-c2ccn(C(F)F)n2)cc1F)NC(=O)[C@@H](NC(=O)OC)C(C)(C)C(F)(F)F)OC(=O)CC(C)(C)c1c(CC(=O)OC(C)(C)C)cccc1OP(=O)(OC(C)(C)C)OC(C)(C)C)C(C)(C)C(F)(F)F. The molecule has 3 fully saturated rings. The number of rotatable bonds is 29. The van der Waals surface area contributed by atoms with E-state index < -0.39 is 175 Å². The molecule has 4 amide bonds. The number of fused-ring (bicyclic) bond motifs is 2. The van der Waals surface area contributed by atoms with Crippen molar-refractivity contribution in [2.45, 2.75) is 226 Å². The summed E-state index contributed by atoms with van der Waals surface area (Å²) in [5.41, 5.74) is -10.6. The number of nitrogens with one attached hydrogen (secondary N) is 4. The van der Waals surface area contributed by atoms with E-state index >= 15 is 49.3 Å². The lowest BCUT2D eigenvalue weighted by Gasteiger charge is -2.47. The number of phosphoric acid groups is 1. The van der Waals surface area contributed by atoms with Crippen LogP contribution in [0.15, 0.2) is 79.3 Å². The van der Waals surface area contributed by atoms with Crippen molar-refractivity contribution < 1.29 is 114 Å².